The van der Waals surface area contributed by atoms with E-state index in [1.807, 2.05) is 16.7 Å². The van der Waals surface area contributed by atoms with Crippen LogP contribution < -0.4 is 5.32 Å². The Kier molecular flexibility index (Phi) is 4.98. The Morgan fingerprint density at radius 1 is 1.11 bits per heavy atom. The second kappa shape index (κ2) is 7.58. The maximum Gasteiger partial charge on any atom is 0.245 e. The first-order valence-electron chi connectivity index (χ1n) is 9.74. The van der Waals surface area contributed by atoms with Crippen molar-refractivity contribution in [3.63, 3.8) is 0 Å². The quantitative estimate of drug-likeness (QED) is 0.816. The lowest BCUT2D eigenvalue weighted by atomic mass is 10.1. The number of hydrogen-bond acceptors (Lipinski definition) is 5. The van der Waals surface area contributed by atoms with Gasteiger partial charge in [-0.3, -0.25) is 9.59 Å². The van der Waals surface area contributed by atoms with Gasteiger partial charge in [0.05, 0.1) is 13.1 Å². The number of allylic oxidation sites excluding steroid dienone is 2. The van der Waals surface area contributed by atoms with Gasteiger partial charge in [0.1, 0.15) is 17.6 Å². The van der Waals surface area contributed by atoms with Gasteiger partial charge in [-0.1, -0.05) is 29.8 Å². The molecule has 1 aromatic rings. The highest BCUT2D eigenvalue weighted by Crippen LogP contribution is 2.23. The van der Waals surface area contributed by atoms with Crippen molar-refractivity contribution < 1.29 is 14.7 Å². The zero-order valence-electron chi connectivity index (χ0n) is 16.1. The maximum absolute atomic E-state index is 12.9. The zero-order valence-corrected chi connectivity index (χ0v) is 16.1. The summed E-state index contributed by atoms with van der Waals surface area (Å²) in [5.74, 6) is 1.14. The van der Waals surface area contributed by atoms with Gasteiger partial charge >= 0.3 is 0 Å². The first-order chi connectivity index (χ1) is 13.5. The number of likely N-dealkylation sites (tertiary alicyclic amines) is 1. The van der Waals surface area contributed by atoms with E-state index in [0.29, 0.717) is 39.1 Å². The number of rotatable bonds is 4. The lowest BCUT2D eigenvalue weighted by Crippen LogP contribution is -2.56. The third-order valence-corrected chi connectivity index (χ3v) is 5.62. The van der Waals surface area contributed by atoms with Crippen LogP contribution in [0.4, 0.5) is 0 Å². The van der Waals surface area contributed by atoms with Crippen LogP contribution in [-0.2, 0) is 16.1 Å². The summed E-state index contributed by atoms with van der Waals surface area (Å²) in [6.45, 7) is 5.13. The number of amides is 2. The first kappa shape index (κ1) is 18.4. The number of nitrogens with zero attached hydrogens (tertiary/aromatic N) is 3. The SMILES string of the molecule is Cc1ccc(CN2CC[C@@H](N3CCN(C4=CC=C(O)CN4)CC3=O)C2=O)cc1. The summed E-state index contributed by atoms with van der Waals surface area (Å²) < 4.78 is 0. The predicted molar refractivity (Wildman–Crippen MR) is 105 cm³/mol. The molecule has 0 saturated carbocycles. The molecule has 0 bridgehead atoms. The highest BCUT2D eigenvalue weighted by atomic mass is 16.3. The molecule has 3 aliphatic rings. The van der Waals surface area contributed by atoms with E-state index in [0.717, 1.165) is 11.4 Å². The lowest BCUT2D eigenvalue weighted by molar-refractivity contribution is -0.145. The van der Waals surface area contributed by atoms with Crippen LogP contribution in [-0.4, -0.2) is 70.4 Å². The number of piperazine rings is 1. The topological polar surface area (TPSA) is 76.1 Å². The zero-order chi connectivity index (χ0) is 19.7. The standard InChI is InChI=1S/C21H26N4O3/c1-15-2-4-16(5-3-15)13-24-9-8-18(21(24)28)25-11-10-23(14-20(25)27)19-7-6-17(26)12-22-19/h2-7,18,22,26H,8-14H2,1H3/t18-/m1/s1. The Labute approximate surface area is 164 Å². The van der Waals surface area contributed by atoms with Gasteiger partial charge in [0.25, 0.3) is 0 Å². The molecule has 4 rings (SSSR count). The average Bonchev–Trinajstić information content (AvgIpc) is 3.04. The molecule has 0 unspecified atom stereocenters. The van der Waals surface area contributed by atoms with Crippen molar-refractivity contribution in [2.45, 2.75) is 25.9 Å². The van der Waals surface area contributed by atoms with E-state index in [2.05, 4.69) is 29.6 Å². The van der Waals surface area contributed by atoms with Gasteiger partial charge in [0.2, 0.25) is 11.8 Å². The third kappa shape index (κ3) is 3.69. The van der Waals surface area contributed by atoms with Crippen molar-refractivity contribution in [2.24, 2.45) is 0 Å². The van der Waals surface area contributed by atoms with Crippen molar-refractivity contribution in [1.82, 2.24) is 20.0 Å². The van der Waals surface area contributed by atoms with E-state index in [1.165, 1.54) is 5.56 Å². The van der Waals surface area contributed by atoms with Crippen molar-refractivity contribution in [3.8, 4) is 0 Å². The van der Waals surface area contributed by atoms with E-state index in [1.54, 1.807) is 17.1 Å². The largest absolute Gasteiger partial charge is 0.510 e. The Bertz CT molecular complexity index is 831. The van der Waals surface area contributed by atoms with Gasteiger partial charge in [0, 0.05) is 26.2 Å². The summed E-state index contributed by atoms with van der Waals surface area (Å²) in [7, 11) is 0. The molecule has 0 aliphatic carbocycles. The van der Waals surface area contributed by atoms with Crippen molar-refractivity contribution in [1.29, 1.82) is 0 Å². The van der Waals surface area contributed by atoms with E-state index in [4.69, 9.17) is 0 Å². The Hall–Kier alpha value is -2.96. The van der Waals surface area contributed by atoms with Crippen molar-refractivity contribution in [3.05, 3.63) is 59.1 Å². The first-order valence-corrected chi connectivity index (χ1v) is 9.74. The highest BCUT2D eigenvalue weighted by molar-refractivity contribution is 5.90. The molecule has 2 saturated heterocycles. The molecule has 148 valence electrons. The van der Waals surface area contributed by atoms with Gasteiger partial charge in [-0.15, -0.1) is 0 Å². The molecule has 0 aromatic heterocycles. The normalized spacial score (nSPS) is 22.9. The molecule has 2 amide bonds. The van der Waals surface area contributed by atoms with E-state index in [9.17, 15) is 14.7 Å². The van der Waals surface area contributed by atoms with Crippen molar-refractivity contribution >= 4 is 11.8 Å². The minimum atomic E-state index is -0.350. The Morgan fingerprint density at radius 2 is 1.89 bits per heavy atom. The van der Waals surface area contributed by atoms with Crippen LogP contribution in [0.2, 0.25) is 0 Å². The minimum Gasteiger partial charge on any atom is -0.510 e. The molecule has 0 spiro atoms. The maximum atomic E-state index is 12.9. The summed E-state index contributed by atoms with van der Waals surface area (Å²) in [6.07, 6.45) is 4.12. The smallest absolute Gasteiger partial charge is 0.245 e. The van der Waals surface area contributed by atoms with Gasteiger partial charge in [-0.2, -0.15) is 0 Å². The molecule has 0 radical (unpaired) electrons. The third-order valence-electron chi connectivity index (χ3n) is 5.62. The molecule has 2 fully saturated rings. The Morgan fingerprint density at radius 3 is 2.57 bits per heavy atom. The van der Waals surface area contributed by atoms with Gasteiger partial charge in [-0.25, -0.2) is 0 Å². The summed E-state index contributed by atoms with van der Waals surface area (Å²) in [6, 6.07) is 7.86. The molecule has 1 atom stereocenters. The predicted octanol–water partition coefficient (Wildman–Crippen LogP) is 1.13. The fraction of sp³-hybridized carbons (Fsp3) is 0.429. The molecular weight excluding hydrogens is 356 g/mol. The number of aliphatic hydroxyl groups is 1. The van der Waals surface area contributed by atoms with Crippen LogP contribution in [0.1, 0.15) is 17.5 Å². The fourth-order valence-electron chi connectivity index (χ4n) is 4.00. The summed E-state index contributed by atoms with van der Waals surface area (Å²) in [5, 5.41) is 12.6. The summed E-state index contributed by atoms with van der Waals surface area (Å²) >= 11 is 0. The van der Waals surface area contributed by atoms with Gasteiger partial charge in [-0.05, 0) is 31.1 Å². The molecule has 28 heavy (non-hydrogen) atoms. The van der Waals surface area contributed by atoms with Crippen molar-refractivity contribution in [2.75, 3.05) is 32.7 Å². The number of aryl methyl sites for hydroxylation is 1. The lowest BCUT2D eigenvalue weighted by Gasteiger charge is -2.39. The van der Waals surface area contributed by atoms with Crippen LogP contribution in [0.5, 0.6) is 0 Å². The minimum absolute atomic E-state index is 0.0248. The molecule has 2 N–H and O–H groups in total. The van der Waals surface area contributed by atoms with E-state index in [-0.39, 0.29) is 30.2 Å². The second-order valence-electron chi connectivity index (χ2n) is 7.62. The fourth-order valence-corrected chi connectivity index (χ4v) is 4.00. The van der Waals surface area contributed by atoms with Crippen LogP contribution in [0.3, 0.4) is 0 Å². The second-order valence-corrected chi connectivity index (χ2v) is 7.62. The molecule has 3 aliphatic heterocycles. The number of aliphatic hydroxyl groups excluding tert-OH is 1. The number of carbonyl (C=O) groups is 2. The molecule has 1 aromatic carbocycles. The van der Waals surface area contributed by atoms with Crippen LogP contribution in [0.25, 0.3) is 0 Å². The van der Waals surface area contributed by atoms with Crippen LogP contribution in [0.15, 0.2) is 48.0 Å². The molecule has 7 heteroatoms. The summed E-state index contributed by atoms with van der Waals surface area (Å²) in [5.41, 5.74) is 2.31. The van der Waals surface area contributed by atoms with Gasteiger partial charge in [0.15, 0.2) is 0 Å². The monoisotopic (exact) mass is 382 g/mol. The van der Waals surface area contributed by atoms with E-state index >= 15 is 0 Å². The van der Waals surface area contributed by atoms with Crippen LogP contribution in [0, 0.1) is 6.92 Å². The number of carbonyl (C=O) groups excluding carboxylic acids is 2. The van der Waals surface area contributed by atoms with E-state index < -0.39 is 0 Å². The number of dihydropyridines is 1. The molecule has 3 heterocycles. The molecule has 7 nitrogen and oxygen atoms in total. The number of hydrogen-bond donors (Lipinski definition) is 2. The Balaban J connectivity index is 1.37. The number of benzene rings is 1. The highest BCUT2D eigenvalue weighted by Gasteiger charge is 2.40. The number of nitrogens with one attached hydrogen (secondary N) is 1. The molecular formula is C21H26N4O3. The average molecular weight is 382 g/mol. The van der Waals surface area contributed by atoms with Crippen LogP contribution >= 0.6 is 0 Å². The van der Waals surface area contributed by atoms with Gasteiger partial charge < -0.3 is 25.1 Å². The summed E-state index contributed by atoms with van der Waals surface area (Å²) in [4.78, 5) is 31.2.